The Hall–Kier alpha value is -2.40. The van der Waals surface area contributed by atoms with E-state index in [1.165, 1.54) is 64.2 Å². The Labute approximate surface area is 172 Å². The predicted octanol–water partition coefficient (Wildman–Crippen LogP) is 4.55. The number of fused-ring (bicyclic) bond motifs is 1. The van der Waals surface area contributed by atoms with Crippen molar-refractivity contribution in [1.82, 2.24) is 10.4 Å². The maximum atomic E-state index is 13.1. The molecule has 3 N–H and O–H groups in total. The Kier molecular flexibility index (Phi) is 6.14. The van der Waals surface area contributed by atoms with Crippen LogP contribution in [0.25, 0.3) is 10.8 Å². The Morgan fingerprint density at radius 1 is 0.759 bits per heavy atom. The molecule has 0 spiro atoms. The third-order valence-corrected chi connectivity index (χ3v) is 6.55. The molecule has 0 bridgehead atoms. The number of carbonyl (C=O) groups excluding carboxylic acids is 2. The summed E-state index contributed by atoms with van der Waals surface area (Å²) in [7, 11) is 0. The van der Waals surface area contributed by atoms with Crippen LogP contribution in [-0.2, 0) is 0 Å². The molecule has 2 saturated carbocycles. The first kappa shape index (κ1) is 19.9. The van der Waals surface area contributed by atoms with Gasteiger partial charge >= 0.3 is 0 Å². The molecule has 2 aromatic carbocycles. The molecule has 0 atom stereocenters. The summed E-state index contributed by atoms with van der Waals surface area (Å²) < 4.78 is 0. The fourth-order valence-corrected chi connectivity index (χ4v) is 4.92. The summed E-state index contributed by atoms with van der Waals surface area (Å²) in [5.74, 6) is -0.480. The van der Waals surface area contributed by atoms with E-state index in [2.05, 4.69) is 10.4 Å². The van der Waals surface area contributed by atoms with E-state index in [0.717, 1.165) is 10.8 Å². The zero-order chi connectivity index (χ0) is 20.2. The summed E-state index contributed by atoms with van der Waals surface area (Å²) in [4.78, 5) is 24.5. The van der Waals surface area contributed by atoms with Crippen LogP contribution in [-0.4, -0.2) is 28.9 Å². The summed E-state index contributed by atoms with van der Waals surface area (Å²) >= 11 is 0. The lowest BCUT2D eigenvalue weighted by molar-refractivity contribution is 0.0256. The maximum absolute atomic E-state index is 13.1. The fraction of sp³-hybridized carbons (Fsp3) is 0.500. The Bertz CT molecular complexity index is 865. The second-order valence-electron chi connectivity index (χ2n) is 8.57. The van der Waals surface area contributed by atoms with Crippen LogP contribution >= 0.6 is 0 Å². The average Bonchev–Trinajstić information content (AvgIpc) is 2.77. The van der Waals surface area contributed by atoms with Crippen LogP contribution in [0.4, 0.5) is 0 Å². The van der Waals surface area contributed by atoms with Crippen molar-refractivity contribution in [3.05, 3.63) is 47.5 Å². The van der Waals surface area contributed by atoms with Crippen molar-refractivity contribution < 1.29 is 9.59 Å². The van der Waals surface area contributed by atoms with E-state index < -0.39 is 5.91 Å². The van der Waals surface area contributed by atoms with E-state index in [-0.39, 0.29) is 5.91 Å². The molecule has 2 aliphatic rings. The number of benzene rings is 2. The molecule has 0 unspecified atom stereocenters. The smallest absolute Gasteiger partial charge is 0.265 e. The van der Waals surface area contributed by atoms with Crippen LogP contribution in [0.15, 0.2) is 36.4 Å². The SMILES string of the molecule is NC(=O)c1ccc2cc(C(=O)NN(C3CCCCC3)C3CCCCC3)ccc2c1. The standard InChI is InChI=1S/C24H31N3O2/c25-23(28)19-13-11-18-16-20(14-12-17(18)15-19)24(29)26-27(21-7-3-1-4-8-21)22-9-5-2-6-10-22/h11-16,21-22H,1-10H2,(H2,25,28)(H,26,29). The topological polar surface area (TPSA) is 75.4 Å². The molecule has 154 valence electrons. The van der Waals surface area contributed by atoms with E-state index in [0.29, 0.717) is 23.2 Å². The van der Waals surface area contributed by atoms with Crippen LogP contribution in [0.2, 0.25) is 0 Å². The van der Waals surface area contributed by atoms with Gasteiger partial charge in [-0.3, -0.25) is 15.0 Å². The number of nitrogens with one attached hydrogen (secondary N) is 1. The van der Waals surface area contributed by atoms with Gasteiger partial charge in [0.2, 0.25) is 5.91 Å². The number of hydrazine groups is 1. The van der Waals surface area contributed by atoms with Gasteiger partial charge in [-0.1, -0.05) is 50.7 Å². The molecule has 5 nitrogen and oxygen atoms in total. The third-order valence-electron chi connectivity index (χ3n) is 6.55. The molecule has 0 heterocycles. The first-order valence-corrected chi connectivity index (χ1v) is 11.0. The first-order valence-electron chi connectivity index (χ1n) is 11.0. The second-order valence-corrected chi connectivity index (χ2v) is 8.57. The highest BCUT2D eigenvalue weighted by atomic mass is 16.2. The summed E-state index contributed by atoms with van der Waals surface area (Å²) in [6, 6.07) is 11.9. The van der Waals surface area contributed by atoms with Crippen molar-refractivity contribution in [2.45, 2.75) is 76.3 Å². The minimum absolute atomic E-state index is 0.0398. The molecule has 2 fully saturated rings. The Morgan fingerprint density at radius 3 is 1.76 bits per heavy atom. The zero-order valence-corrected chi connectivity index (χ0v) is 17.0. The van der Waals surface area contributed by atoms with E-state index in [9.17, 15) is 9.59 Å². The van der Waals surface area contributed by atoms with Gasteiger partial charge in [0.25, 0.3) is 5.91 Å². The second kappa shape index (κ2) is 8.95. The van der Waals surface area contributed by atoms with Crippen LogP contribution in [0, 0.1) is 0 Å². The zero-order valence-electron chi connectivity index (χ0n) is 17.0. The minimum Gasteiger partial charge on any atom is -0.366 e. The van der Waals surface area contributed by atoms with Gasteiger partial charge in [-0.25, -0.2) is 5.01 Å². The monoisotopic (exact) mass is 393 g/mol. The number of hydrogen-bond donors (Lipinski definition) is 2. The van der Waals surface area contributed by atoms with Gasteiger partial charge in [0, 0.05) is 23.2 Å². The summed E-state index contributed by atoms with van der Waals surface area (Å²) in [6.07, 6.45) is 12.3. The maximum Gasteiger partial charge on any atom is 0.265 e. The molecule has 2 aliphatic carbocycles. The van der Waals surface area contributed by atoms with E-state index in [1.54, 1.807) is 12.1 Å². The number of rotatable bonds is 5. The van der Waals surface area contributed by atoms with Gasteiger partial charge in [-0.15, -0.1) is 0 Å². The van der Waals surface area contributed by atoms with Crippen molar-refractivity contribution in [2.24, 2.45) is 5.73 Å². The first-order chi connectivity index (χ1) is 14.1. The lowest BCUT2D eigenvalue weighted by Gasteiger charge is -2.41. The molecular weight excluding hydrogens is 362 g/mol. The van der Waals surface area contributed by atoms with E-state index >= 15 is 0 Å². The number of amides is 2. The van der Waals surface area contributed by atoms with E-state index in [4.69, 9.17) is 5.73 Å². The van der Waals surface area contributed by atoms with Crippen molar-refractivity contribution in [1.29, 1.82) is 0 Å². The number of primary amides is 1. The van der Waals surface area contributed by atoms with Gasteiger partial charge in [0.15, 0.2) is 0 Å². The molecule has 29 heavy (non-hydrogen) atoms. The molecule has 5 heteroatoms. The van der Waals surface area contributed by atoms with Crippen LogP contribution in [0.3, 0.4) is 0 Å². The van der Waals surface area contributed by atoms with Crippen LogP contribution in [0.1, 0.15) is 84.9 Å². The Morgan fingerprint density at radius 2 is 1.24 bits per heavy atom. The van der Waals surface area contributed by atoms with Gasteiger partial charge in [0.05, 0.1) is 0 Å². The highest BCUT2D eigenvalue weighted by Gasteiger charge is 2.30. The lowest BCUT2D eigenvalue weighted by atomic mass is 9.90. The van der Waals surface area contributed by atoms with E-state index in [1.807, 2.05) is 24.3 Å². The molecule has 2 aromatic rings. The lowest BCUT2D eigenvalue weighted by Crippen LogP contribution is -2.55. The molecule has 2 amide bonds. The van der Waals surface area contributed by atoms with Gasteiger partial charge in [-0.2, -0.15) is 0 Å². The number of hydrogen-bond acceptors (Lipinski definition) is 3. The van der Waals surface area contributed by atoms with Gasteiger partial charge < -0.3 is 5.73 Å². The molecule has 0 radical (unpaired) electrons. The summed E-state index contributed by atoms with van der Waals surface area (Å²) in [6.45, 7) is 0. The normalized spacial score (nSPS) is 18.8. The van der Waals surface area contributed by atoms with Crippen molar-refractivity contribution in [2.75, 3.05) is 0 Å². The molecule has 0 aliphatic heterocycles. The highest BCUT2D eigenvalue weighted by Crippen LogP contribution is 2.29. The summed E-state index contributed by atoms with van der Waals surface area (Å²) in [5, 5.41) is 4.15. The van der Waals surface area contributed by atoms with Crippen molar-refractivity contribution in [3.8, 4) is 0 Å². The predicted molar refractivity (Wildman–Crippen MR) is 116 cm³/mol. The molecule has 4 rings (SSSR count). The number of nitrogens with zero attached hydrogens (tertiary/aromatic N) is 1. The molecule has 0 saturated heterocycles. The van der Waals surface area contributed by atoms with Gasteiger partial charge in [-0.05, 0) is 60.7 Å². The third kappa shape index (κ3) is 4.61. The van der Waals surface area contributed by atoms with Crippen LogP contribution < -0.4 is 11.2 Å². The average molecular weight is 394 g/mol. The number of nitrogens with two attached hydrogens (primary N) is 1. The molecule has 0 aromatic heterocycles. The minimum atomic E-state index is -0.440. The van der Waals surface area contributed by atoms with Crippen molar-refractivity contribution >= 4 is 22.6 Å². The highest BCUT2D eigenvalue weighted by molar-refractivity contribution is 6.01. The van der Waals surface area contributed by atoms with Gasteiger partial charge in [0.1, 0.15) is 0 Å². The quantitative estimate of drug-likeness (QED) is 0.732. The number of carbonyl (C=O) groups is 2. The fourth-order valence-electron chi connectivity index (χ4n) is 4.92. The summed E-state index contributed by atoms with van der Waals surface area (Å²) in [5.41, 5.74) is 9.79. The Balaban J connectivity index is 1.54. The largest absolute Gasteiger partial charge is 0.366 e. The van der Waals surface area contributed by atoms with Crippen LogP contribution in [0.5, 0.6) is 0 Å². The van der Waals surface area contributed by atoms with Crippen molar-refractivity contribution in [3.63, 3.8) is 0 Å². The molecular formula is C24H31N3O2.